The Morgan fingerprint density at radius 3 is 2.35 bits per heavy atom. The standard InChI is InChI=1S/C14H24N2O2S2/c1-10(7-15-13(17)11-3-5-19-8-11)16(2)14(18)12-4-6-20-9-12/h10-12H,3-9H2,1-2H3,(H,15,17)/t10-,11-,12+/m1/s1. The van der Waals surface area contributed by atoms with Gasteiger partial charge in [0.15, 0.2) is 0 Å². The zero-order chi connectivity index (χ0) is 14.5. The van der Waals surface area contributed by atoms with E-state index in [0.717, 1.165) is 35.9 Å². The lowest BCUT2D eigenvalue weighted by Crippen LogP contribution is -2.46. The first-order valence-electron chi connectivity index (χ1n) is 7.29. The van der Waals surface area contributed by atoms with Crippen LogP contribution in [0.4, 0.5) is 0 Å². The molecule has 0 radical (unpaired) electrons. The van der Waals surface area contributed by atoms with Crippen LogP contribution < -0.4 is 5.32 Å². The monoisotopic (exact) mass is 316 g/mol. The van der Waals surface area contributed by atoms with Gasteiger partial charge in [-0.3, -0.25) is 9.59 Å². The van der Waals surface area contributed by atoms with Crippen LogP contribution in [0.3, 0.4) is 0 Å². The molecule has 2 heterocycles. The second kappa shape index (κ2) is 7.59. The lowest BCUT2D eigenvalue weighted by atomic mass is 10.1. The van der Waals surface area contributed by atoms with Crippen molar-refractivity contribution >= 4 is 35.3 Å². The zero-order valence-corrected chi connectivity index (χ0v) is 13.9. The summed E-state index contributed by atoms with van der Waals surface area (Å²) in [5.41, 5.74) is 0. The highest BCUT2D eigenvalue weighted by Gasteiger charge is 2.29. The summed E-state index contributed by atoms with van der Waals surface area (Å²) in [6.45, 7) is 2.56. The van der Waals surface area contributed by atoms with E-state index in [1.165, 1.54) is 0 Å². The van der Waals surface area contributed by atoms with Gasteiger partial charge < -0.3 is 10.2 Å². The highest BCUT2D eigenvalue weighted by Crippen LogP contribution is 2.25. The molecule has 114 valence electrons. The number of thioether (sulfide) groups is 2. The third-order valence-electron chi connectivity index (χ3n) is 4.16. The van der Waals surface area contributed by atoms with Crippen molar-refractivity contribution in [1.82, 2.24) is 10.2 Å². The van der Waals surface area contributed by atoms with Crippen molar-refractivity contribution in [3.63, 3.8) is 0 Å². The van der Waals surface area contributed by atoms with Crippen molar-refractivity contribution in [2.75, 3.05) is 36.6 Å². The van der Waals surface area contributed by atoms with Gasteiger partial charge in [0.1, 0.15) is 0 Å². The molecule has 0 aromatic carbocycles. The molecule has 0 unspecified atom stereocenters. The van der Waals surface area contributed by atoms with Crippen molar-refractivity contribution in [2.45, 2.75) is 25.8 Å². The summed E-state index contributed by atoms with van der Waals surface area (Å²) in [6, 6.07) is 0.0612. The molecule has 0 saturated carbocycles. The first kappa shape index (κ1) is 16.0. The second-order valence-electron chi connectivity index (χ2n) is 5.66. The fraction of sp³-hybridized carbons (Fsp3) is 0.857. The minimum atomic E-state index is 0.0612. The molecule has 4 nitrogen and oxygen atoms in total. The van der Waals surface area contributed by atoms with Gasteiger partial charge in [-0.25, -0.2) is 0 Å². The quantitative estimate of drug-likeness (QED) is 0.834. The van der Waals surface area contributed by atoms with E-state index in [2.05, 4.69) is 5.32 Å². The van der Waals surface area contributed by atoms with Crippen LogP contribution in [0.2, 0.25) is 0 Å². The number of nitrogens with one attached hydrogen (secondary N) is 1. The van der Waals surface area contributed by atoms with Gasteiger partial charge in [-0.1, -0.05) is 0 Å². The summed E-state index contributed by atoms with van der Waals surface area (Å²) in [4.78, 5) is 26.1. The van der Waals surface area contributed by atoms with Crippen LogP contribution in [0.1, 0.15) is 19.8 Å². The van der Waals surface area contributed by atoms with Gasteiger partial charge in [0, 0.05) is 43.0 Å². The number of hydrogen-bond donors (Lipinski definition) is 1. The number of carbonyl (C=O) groups excluding carboxylic acids is 2. The fourth-order valence-electron chi connectivity index (χ4n) is 2.51. The number of nitrogens with zero attached hydrogens (tertiary/aromatic N) is 1. The summed E-state index contributed by atoms with van der Waals surface area (Å²) in [6.07, 6.45) is 1.98. The molecule has 0 bridgehead atoms. The van der Waals surface area contributed by atoms with Crippen molar-refractivity contribution in [1.29, 1.82) is 0 Å². The molecule has 20 heavy (non-hydrogen) atoms. The Morgan fingerprint density at radius 2 is 1.80 bits per heavy atom. The van der Waals surface area contributed by atoms with Crippen molar-refractivity contribution in [3.05, 3.63) is 0 Å². The van der Waals surface area contributed by atoms with E-state index >= 15 is 0 Å². The van der Waals surface area contributed by atoms with E-state index in [1.807, 2.05) is 37.5 Å². The van der Waals surface area contributed by atoms with E-state index in [-0.39, 0.29) is 29.7 Å². The number of carbonyl (C=O) groups is 2. The number of hydrogen-bond acceptors (Lipinski definition) is 4. The van der Waals surface area contributed by atoms with E-state index in [4.69, 9.17) is 0 Å². The third kappa shape index (κ3) is 4.07. The molecule has 2 amide bonds. The molecule has 2 saturated heterocycles. The van der Waals surface area contributed by atoms with Crippen LogP contribution in [0.25, 0.3) is 0 Å². The molecular formula is C14H24N2O2S2. The number of likely N-dealkylation sites (N-methyl/N-ethyl adjacent to an activating group) is 1. The lowest BCUT2D eigenvalue weighted by molar-refractivity contribution is -0.135. The Balaban J connectivity index is 1.74. The van der Waals surface area contributed by atoms with Crippen molar-refractivity contribution < 1.29 is 9.59 Å². The molecule has 0 aliphatic carbocycles. The minimum absolute atomic E-state index is 0.0612. The van der Waals surface area contributed by atoms with E-state index < -0.39 is 0 Å². The Kier molecular flexibility index (Phi) is 6.08. The predicted molar refractivity (Wildman–Crippen MR) is 86.1 cm³/mol. The maximum atomic E-state index is 12.3. The van der Waals surface area contributed by atoms with E-state index in [0.29, 0.717) is 6.54 Å². The number of amides is 2. The normalized spacial score (nSPS) is 27.3. The van der Waals surface area contributed by atoms with Gasteiger partial charge in [-0.15, -0.1) is 0 Å². The van der Waals surface area contributed by atoms with Gasteiger partial charge >= 0.3 is 0 Å². The highest BCUT2D eigenvalue weighted by molar-refractivity contribution is 7.99. The third-order valence-corrected chi connectivity index (χ3v) is 6.48. The number of rotatable bonds is 5. The Morgan fingerprint density at radius 1 is 1.20 bits per heavy atom. The fourth-order valence-corrected chi connectivity index (χ4v) is 4.94. The lowest BCUT2D eigenvalue weighted by Gasteiger charge is -2.28. The predicted octanol–water partition coefficient (Wildman–Crippen LogP) is 1.46. The van der Waals surface area contributed by atoms with Crippen LogP contribution in [-0.2, 0) is 9.59 Å². The minimum Gasteiger partial charge on any atom is -0.354 e. The molecule has 0 spiro atoms. The summed E-state index contributed by atoms with van der Waals surface area (Å²) in [7, 11) is 1.85. The Bertz CT molecular complexity index is 353. The summed E-state index contributed by atoms with van der Waals surface area (Å²) >= 11 is 3.70. The molecule has 6 heteroatoms. The summed E-state index contributed by atoms with van der Waals surface area (Å²) in [5, 5.41) is 3.00. The Hall–Kier alpha value is -0.360. The smallest absolute Gasteiger partial charge is 0.226 e. The molecule has 3 atom stereocenters. The molecule has 0 aromatic heterocycles. The molecule has 0 aromatic rings. The van der Waals surface area contributed by atoms with Crippen LogP contribution in [-0.4, -0.2) is 59.4 Å². The molecule has 2 aliphatic rings. The zero-order valence-electron chi connectivity index (χ0n) is 12.3. The Labute approximate surface area is 129 Å². The van der Waals surface area contributed by atoms with Crippen molar-refractivity contribution in [3.8, 4) is 0 Å². The molecule has 2 rings (SSSR count). The maximum Gasteiger partial charge on any atom is 0.226 e. The second-order valence-corrected chi connectivity index (χ2v) is 7.96. The van der Waals surface area contributed by atoms with Gasteiger partial charge in [0.2, 0.25) is 11.8 Å². The summed E-state index contributed by atoms with van der Waals surface area (Å²) < 4.78 is 0. The maximum absolute atomic E-state index is 12.3. The van der Waals surface area contributed by atoms with Crippen LogP contribution in [0.15, 0.2) is 0 Å². The molecule has 2 fully saturated rings. The molecule has 1 N–H and O–H groups in total. The molecular weight excluding hydrogens is 292 g/mol. The van der Waals surface area contributed by atoms with Gasteiger partial charge in [-0.2, -0.15) is 23.5 Å². The summed E-state index contributed by atoms with van der Waals surface area (Å²) in [5.74, 6) is 4.79. The first-order chi connectivity index (χ1) is 9.59. The topological polar surface area (TPSA) is 49.4 Å². The average molecular weight is 316 g/mol. The van der Waals surface area contributed by atoms with Crippen LogP contribution in [0, 0.1) is 11.8 Å². The van der Waals surface area contributed by atoms with Gasteiger partial charge in [0.25, 0.3) is 0 Å². The van der Waals surface area contributed by atoms with E-state index in [9.17, 15) is 9.59 Å². The van der Waals surface area contributed by atoms with Gasteiger partial charge in [0.05, 0.1) is 0 Å². The van der Waals surface area contributed by atoms with Crippen LogP contribution >= 0.6 is 23.5 Å². The van der Waals surface area contributed by atoms with Crippen LogP contribution in [0.5, 0.6) is 0 Å². The largest absolute Gasteiger partial charge is 0.354 e. The van der Waals surface area contributed by atoms with Crippen molar-refractivity contribution in [2.24, 2.45) is 11.8 Å². The highest BCUT2D eigenvalue weighted by atomic mass is 32.2. The van der Waals surface area contributed by atoms with E-state index in [1.54, 1.807) is 4.90 Å². The SMILES string of the molecule is C[C@H](CNC(=O)[C@@H]1CCSC1)N(C)C(=O)[C@H]1CCSC1. The first-order valence-corrected chi connectivity index (χ1v) is 9.60. The average Bonchev–Trinajstić information content (AvgIpc) is 3.14. The molecule has 2 aliphatic heterocycles. The van der Waals surface area contributed by atoms with Gasteiger partial charge in [-0.05, 0) is 31.3 Å².